The minimum Gasteiger partial charge on any atom is -0.394 e. The molecule has 4 N–H and O–H groups in total. The number of benzene rings is 1. The van der Waals surface area contributed by atoms with Gasteiger partial charge in [0, 0.05) is 11.8 Å². The average molecular weight is 313 g/mol. The van der Waals surface area contributed by atoms with Crippen molar-refractivity contribution in [3.05, 3.63) is 58.0 Å². The molecule has 0 atom stereocenters. The van der Waals surface area contributed by atoms with Crippen molar-refractivity contribution < 1.29 is 4.79 Å². The van der Waals surface area contributed by atoms with E-state index in [0.29, 0.717) is 16.3 Å². The van der Waals surface area contributed by atoms with Gasteiger partial charge >= 0.3 is 0 Å². The molecule has 1 aromatic heterocycles. The van der Waals surface area contributed by atoms with Gasteiger partial charge < -0.3 is 11.5 Å². The van der Waals surface area contributed by atoms with E-state index in [2.05, 4.69) is 11.1 Å². The Hall–Kier alpha value is -2.84. The van der Waals surface area contributed by atoms with Crippen molar-refractivity contribution in [3.8, 4) is 17.2 Å². The van der Waals surface area contributed by atoms with Crippen LogP contribution in [0.1, 0.15) is 16.7 Å². The van der Waals surface area contributed by atoms with Crippen LogP contribution in [0.5, 0.6) is 0 Å². The predicted molar refractivity (Wildman–Crippen MR) is 85.5 cm³/mol. The largest absolute Gasteiger partial charge is 0.394 e. The minimum atomic E-state index is -0.712. The third kappa shape index (κ3) is 3.25. The molecule has 1 heterocycles. The van der Waals surface area contributed by atoms with Crippen LogP contribution in [-0.2, 0) is 4.79 Å². The first-order valence-electron chi connectivity index (χ1n) is 6.36. The molecule has 5 nitrogen and oxygen atoms in total. The van der Waals surface area contributed by atoms with Crippen LogP contribution in [0.3, 0.4) is 0 Å². The molecule has 110 valence electrons. The molecule has 0 aliphatic carbocycles. The second-order valence-electron chi connectivity index (χ2n) is 4.68. The van der Waals surface area contributed by atoms with Gasteiger partial charge in [0.2, 0.25) is 0 Å². The van der Waals surface area contributed by atoms with Crippen molar-refractivity contribution in [2.24, 2.45) is 11.5 Å². The highest BCUT2D eigenvalue weighted by molar-refractivity contribution is 6.29. The summed E-state index contributed by atoms with van der Waals surface area (Å²) in [5, 5.41) is 9.57. The maximum absolute atomic E-state index is 11.1. The molecule has 0 radical (unpaired) electrons. The molecule has 0 aliphatic heterocycles. The fourth-order valence-electron chi connectivity index (χ4n) is 2.02. The van der Waals surface area contributed by atoms with E-state index in [1.807, 2.05) is 13.0 Å². The molecule has 0 bridgehead atoms. The van der Waals surface area contributed by atoms with Gasteiger partial charge in [-0.3, -0.25) is 4.79 Å². The van der Waals surface area contributed by atoms with E-state index >= 15 is 0 Å². The van der Waals surface area contributed by atoms with Crippen LogP contribution in [-0.4, -0.2) is 10.9 Å². The van der Waals surface area contributed by atoms with Crippen LogP contribution >= 0.6 is 11.6 Å². The Morgan fingerprint density at radius 2 is 2.09 bits per heavy atom. The highest BCUT2D eigenvalue weighted by Crippen LogP contribution is 2.28. The van der Waals surface area contributed by atoms with Gasteiger partial charge in [0.15, 0.2) is 0 Å². The van der Waals surface area contributed by atoms with E-state index in [1.165, 1.54) is 6.08 Å². The highest BCUT2D eigenvalue weighted by atomic mass is 35.5. The van der Waals surface area contributed by atoms with Crippen molar-refractivity contribution in [3.63, 3.8) is 0 Å². The smallest absolute Gasteiger partial charge is 0.264 e. The standard InChI is InChI=1S/C16H13ClN4O/c1-9-12(6-14(19)16(20)22)4-10(7-18)5-13(9)11-2-3-15(17)21-8-11/h2-6,8H,19H2,1H3,(H2,20,22)/b14-6-. The molecule has 22 heavy (non-hydrogen) atoms. The maximum atomic E-state index is 11.1. The van der Waals surface area contributed by atoms with E-state index in [0.717, 1.165) is 16.7 Å². The van der Waals surface area contributed by atoms with Crippen molar-refractivity contribution >= 4 is 23.6 Å². The third-order valence-electron chi connectivity index (χ3n) is 3.21. The number of carbonyl (C=O) groups is 1. The van der Waals surface area contributed by atoms with Crippen molar-refractivity contribution in [2.75, 3.05) is 0 Å². The molecular formula is C16H13ClN4O. The van der Waals surface area contributed by atoms with Gasteiger partial charge in [0.05, 0.1) is 17.3 Å². The Morgan fingerprint density at radius 1 is 1.36 bits per heavy atom. The summed E-state index contributed by atoms with van der Waals surface area (Å²) in [6.07, 6.45) is 3.09. The van der Waals surface area contributed by atoms with Crippen LogP contribution in [0, 0.1) is 18.3 Å². The first kappa shape index (κ1) is 15.5. The molecule has 0 fully saturated rings. The number of halogens is 1. The Morgan fingerprint density at radius 3 is 2.64 bits per heavy atom. The van der Waals surface area contributed by atoms with Crippen molar-refractivity contribution in [1.29, 1.82) is 5.26 Å². The third-order valence-corrected chi connectivity index (χ3v) is 3.43. The van der Waals surface area contributed by atoms with Gasteiger partial charge in [0.1, 0.15) is 5.15 Å². The minimum absolute atomic E-state index is 0.0710. The number of pyridine rings is 1. The predicted octanol–water partition coefficient (Wildman–Crippen LogP) is 2.37. The van der Waals surface area contributed by atoms with Gasteiger partial charge in [0.25, 0.3) is 5.91 Å². The van der Waals surface area contributed by atoms with Gasteiger partial charge in [-0.15, -0.1) is 0 Å². The van der Waals surface area contributed by atoms with Gasteiger partial charge in [-0.2, -0.15) is 5.26 Å². The number of nitriles is 1. The number of amides is 1. The number of aromatic nitrogens is 1. The molecule has 0 unspecified atom stereocenters. The quantitative estimate of drug-likeness (QED) is 0.670. The van der Waals surface area contributed by atoms with E-state index < -0.39 is 5.91 Å². The average Bonchev–Trinajstić information content (AvgIpc) is 2.50. The molecule has 6 heteroatoms. The molecule has 0 saturated carbocycles. The normalized spacial score (nSPS) is 11.0. The number of hydrogen-bond donors (Lipinski definition) is 2. The fraction of sp³-hybridized carbons (Fsp3) is 0.0625. The molecule has 0 spiro atoms. The summed E-state index contributed by atoms with van der Waals surface area (Å²) < 4.78 is 0. The maximum Gasteiger partial charge on any atom is 0.264 e. The first-order chi connectivity index (χ1) is 10.4. The van der Waals surface area contributed by atoms with Crippen molar-refractivity contribution in [2.45, 2.75) is 6.92 Å². The second kappa shape index (κ2) is 6.29. The molecule has 1 amide bonds. The second-order valence-corrected chi connectivity index (χ2v) is 5.07. The topological polar surface area (TPSA) is 106 Å². The summed E-state index contributed by atoms with van der Waals surface area (Å²) in [6, 6.07) is 8.96. The first-order valence-corrected chi connectivity index (χ1v) is 6.74. The number of primary amides is 1. The lowest BCUT2D eigenvalue weighted by molar-refractivity contribution is -0.114. The fourth-order valence-corrected chi connectivity index (χ4v) is 2.14. The Balaban J connectivity index is 2.65. The zero-order valence-electron chi connectivity index (χ0n) is 11.8. The Bertz CT molecular complexity index is 804. The molecule has 0 aliphatic rings. The lowest BCUT2D eigenvalue weighted by Gasteiger charge is -2.11. The molecule has 0 saturated heterocycles. The van der Waals surface area contributed by atoms with Gasteiger partial charge in [-0.05, 0) is 54.0 Å². The van der Waals surface area contributed by atoms with Crippen LogP contribution in [0.4, 0.5) is 0 Å². The number of nitrogens with zero attached hydrogens (tertiary/aromatic N) is 2. The summed E-state index contributed by atoms with van der Waals surface area (Å²) in [6.45, 7) is 1.87. The SMILES string of the molecule is Cc1c(/C=C(\N)C(N)=O)cc(C#N)cc1-c1ccc(Cl)nc1. The summed E-state index contributed by atoms with van der Waals surface area (Å²) in [4.78, 5) is 15.1. The van der Waals surface area contributed by atoms with E-state index in [1.54, 1.807) is 24.4 Å². The molecule has 2 aromatic rings. The van der Waals surface area contributed by atoms with Crippen LogP contribution < -0.4 is 11.5 Å². The van der Waals surface area contributed by atoms with Gasteiger partial charge in [-0.1, -0.05) is 11.6 Å². The van der Waals surface area contributed by atoms with Crippen LogP contribution in [0.2, 0.25) is 5.15 Å². The highest BCUT2D eigenvalue weighted by Gasteiger charge is 2.10. The van der Waals surface area contributed by atoms with Crippen molar-refractivity contribution in [1.82, 2.24) is 4.98 Å². The number of carbonyl (C=O) groups excluding carboxylic acids is 1. The molecular weight excluding hydrogens is 300 g/mol. The Kier molecular flexibility index (Phi) is 4.44. The van der Waals surface area contributed by atoms with E-state index in [9.17, 15) is 10.1 Å². The lowest BCUT2D eigenvalue weighted by Crippen LogP contribution is -2.19. The molecule has 2 rings (SSSR count). The number of rotatable bonds is 3. The van der Waals surface area contributed by atoms with E-state index in [-0.39, 0.29) is 5.70 Å². The number of nitrogens with two attached hydrogens (primary N) is 2. The summed E-state index contributed by atoms with van der Waals surface area (Å²) in [5.74, 6) is -0.712. The zero-order chi connectivity index (χ0) is 16.3. The lowest BCUT2D eigenvalue weighted by atomic mass is 9.94. The van der Waals surface area contributed by atoms with Gasteiger partial charge in [-0.25, -0.2) is 4.98 Å². The van der Waals surface area contributed by atoms with Crippen LogP contribution in [0.15, 0.2) is 36.2 Å². The molecule has 1 aromatic carbocycles. The Labute approximate surface area is 132 Å². The zero-order valence-corrected chi connectivity index (χ0v) is 12.6. The number of hydrogen-bond acceptors (Lipinski definition) is 4. The summed E-state index contributed by atoms with van der Waals surface area (Å²) in [7, 11) is 0. The summed E-state index contributed by atoms with van der Waals surface area (Å²) >= 11 is 5.79. The summed E-state index contributed by atoms with van der Waals surface area (Å²) in [5.41, 5.74) is 14.2. The monoisotopic (exact) mass is 312 g/mol. The van der Waals surface area contributed by atoms with Crippen LogP contribution in [0.25, 0.3) is 17.2 Å². The van der Waals surface area contributed by atoms with E-state index in [4.69, 9.17) is 23.1 Å².